The Labute approximate surface area is 172 Å². The van der Waals surface area contributed by atoms with E-state index in [1.54, 1.807) is 12.1 Å². The molecule has 5 rings (SSSR count). The summed E-state index contributed by atoms with van der Waals surface area (Å²) < 4.78 is 20.0. The van der Waals surface area contributed by atoms with Gasteiger partial charge in [0.25, 0.3) is 6.02 Å². The number of hydrogen-bond donors (Lipinski definition) is 0. The van der Waals surface area contributed by atoms with E-state index in [2.05, 4.69) is 41.1 Å². The average molecular weight is 394 g/mol. The second-order valence-electron chi connectivity index (χ2n) is 8.54. The lowest BCUT2D eigenvalue weighted by atomic mass is 9.88. The van der Waals surface area contributed by atoms with Gasteiger partial charge >= 0.3 is 0 Å². The van der Waals surface area contributed by atoms with Crippen molar-refractivity contribution in [2.24, 2.45) is 10.9 Å². The molecule has 2 aromatic carbocycles. The Morgan fingerprint density at radius 3 is 2.72 bits per heavy atom. The van der Waals surface area contributed by atoms with Gasteiger partial charge in [-0.15, -0.1) is 0 Å². The summed E-state index contributed by atoms with van der Waals surface area (Å²) in [5.41, 5.74) is 3.69. The number of likely N-dealkylation sites (tertiary alicyclic amines) is 1. The number of piperidine rings is 1. The van der Waals surface area contributed by atoms with Gasteiger partial charge in [-0.05, 0) is 61.7 Å². The molecule has 3 atom stereocenters. The van der Waals surface area contributed by atoms with E-state index in [1.165, 1.54) is 30.5 Å². The number of benzene rings is 2. The van der Waals surface area contributed by atoms with E-state index in [0.717, 1.165) is 37.6 Å². The quantitative estimate of drug-likeness (QED) is 0.775. The van der Waals surface area contributed by atoms with Crippen molar-refractivity contribution in [2.45, 2.75) is 31.4 Å². The van der Waals surface area contributed by atoms with Crippen molar-refractivity contribution < 1.29 is 9.13 Å². The third-order valence-corrected chi connectivity index (χ3v) is 6.56. The van der Waals surface area contributed by atoms with E-state index < -0.39 is 0 Å². The summed E-state index contributed by atoms with van der Waals surface area (Å²) in [5, 5.41) is 0. The van der Waals surface area contributed by atoms with Crippen molar-refractivity contribution in [3.8, 4) is 0 Å². The molecule has 1 saturated heterocycles. The van der Waals surface area contributed by atoms with Crippen LogP contribution in [0, 0.1) is 11.7 Å². The van der Waals surface area contributed by atoms with Crippen molar-refractivity contribution in [1.82, 2.24) is 9.80 Å². The fourth-order valence-corrected chi connectivity index (χ4v) is 5.07. The molecule has 2 aromatic rings. The first-order valence-corrected chi connectivity index (χ1v) is 10.7. The van der Waals surface area contributed by atoms with Gasteiger partial charge in [0.15, 0.2) is 0 Å². The zero-order valence-corrected chi connectivity index (χ0v) is 16.9. The van der Waals surface area contributed by atoms with Crippen LogP contribution in [-0.4, -0.2) is 55.2 Å². The van der Waals surface area contributed by atoms with Gasteiger partial charge in [0.1, 0.15) is 11.9 Å². The fourth-order valence-electron chi connectivity index (χ4n) is 5.07. The summed E-state index contributed by atoms with van der Waals surface area (Å²) in [6, 6.07) is 16.2. The number of amidine groups is 1. The van der Waals surface area contributed by atoms with Crippen LogP contribution in [0.3, 0.4) is 0 Å². The second-order valence-corrected chi connectivity index (χ2v) is 8.54. The maximum atomic E-state index is 13.6. The minimum Gasteiger partial charge on any atom is -0.460 e. The summed E-state index contributed by atoms with van der Waals surface area (Å²) in [4.78, 5) is 9.51. The summed E-state index contributed by atoms with van der Waals surface area (Å²) in [6.45, 7) is 3.85. The number of fused-ring (bicyclic) bond motifs is 1. The molecule has 0 bridgehead atoms. The molecular weight excluding hydrogens is 365 g/mol. The monoisotopic (exact) mass is 393 g/mol. The summed E-state index contributed by atoms with van der Waals surface area (Å²) in [7, 11) is 2.19. The highest BCUT2D eigenvalue weighted by molar-refractivity contribution is 5.77. The Balaban J connectivity index is 1.42. The molecule has 3 aliphatic rings. The number of nitrogens with zero attached hydrogens (tertiary/aromatic N) is 3. The molecule has 4 nitrogen and oxygen atoms in total. The van der Waals surface area contributed by atoms with Crippen molar-refractivity contribution in [2.75, 3.05) is 33.2 Å². The van der Waals surface area contributed by atoms with Gasteiger partial charge in [-0.25, -0.2) is 9.38 Å². The van der Waals surface area contributed by atoms with Crippen molar-refractivity contribution in [3.05, 3.63) is 71.0 Å². The molecule has 3 aliphatic heterocycles. The number of rotatable bonds is 2. The zero-order chi connectivity index (χ0) is 19.8. The molecule has 0 aromatic heterocycles. The van der Waals surface area contributed by atoms with E-state index in [0.29, 0.717) is 5.92 Å². The van der Waals surface area contributed by atoms with Crippen LogP contribution in [0.2, 0.25) is 0 Å². The Hall–Kier alpha value is -2.40. The smallest absolute Gasteiger partial charge is 0.288 e. The molecule has 5 heteroatoms. The Kier molecular flexibility index (Phi) is 5.00. The molecule has 0 amide bonds. The summed E-state index contributed by atoms with van der Waals surface area (Å²) in [6.07, 6.45) is 3.57. The molecule has 29 heavy (non-hydrogen) atoms. The normalized spacial score (nSPS) is 27.3. The first-order valence-electron chi connectivity index (χ1n) is 10.7. The number of hydrogen-bond acceptors (Lipinski definition) is 4. The SMILES string of the molecule is CN1CCC[C@@H]([C@H]2CN=C(N3CCc4ccccc4[C@@H]3c3ccc(F)cc3)O2)C1. The highest BCUT2D eigenvalue weighted by Crippen LogP contribution is 2.37. The predicted molar refractivity (Wildman–Crippen MR) is 112 cm³/mol. The highest BCUT2D eigenvalue weighted by atomic mass is 19.1. The first-order chi connectivity index (χ1) is 14.2. The third kappa shape index (κ3) is 3.64. The largest absolute Gasteiger partial charge is 0.460 e. The first kappa shape index (κ1) is 18.6. The summed E-state index contributed by atoms with van der Waals surface area (Å²) in [5.74, 6) is 0.330. The van der Waals surface area contributed by atoms with Crippen LogP contribution in [0.1, 0.15) is 35.6 Å². The lowest BCUT2D eigenvalue weighted by molar-refractivity contribution is 0.0732. The minimum absolute atomic E-state index is 0.00656. The van der Waals surface area contributed by atoms with Crippen LogP contribution in [-0.2, 0) is 11.2 Å². The topological polar surface area (TPSA) is 28.1 Å². The average Bonchev–Trinajstić information content (AvgIpc) is 3.24. The van der Waals surface area contributed by atoms with Crippen molar-refractivity contribution in [1.29, 1.82) is 0 Å². The van der Waals surface area contributed by atoms with Gasteiger partial charge in [0, 0.05) is 19.0 Å². The van der Waals surface area contributed by atoms with Crippen molar-refractivity contribution in [3.63, 3.8) is 0 Å². The number of ether oxygens (including phenoxy) is 1. The maximum absolute atomic E-state index is 13.6. The second kappa shape index (κ2) is 7.79. The van der Waals surface area contributed by atoms with E-state index in [4.69, 9.17) is 9.73 Å². The van der Waals surface area contributed by atoms with Crippen LogP contribution in [0.5, 0.6) is 0 Å². The highest BCUT2D eigenvalue weighted by Gasteiger charge is 2.37. The molecule has 152 valence electrons. The molecule has 0 spiro atoms. The van der Waals surface area contributed by atoms with Gasteiger partial charge < -0.3 is 14.5 Å². The van der Waals surface area contributed by atoms with Crippen molar-refractivity contribution >= 4 is 6.02 Å². The van der Waals surface area contributed by atoms with Gasteiger partial charge in [-0.1, -0.05) is 36.4 Å². The molecule has 0 aliphatic carbocycles. The molecular formula is C24H28FN3O. The van der Waals surface area contributed by atoms with E-state index in [-0.39, 0.29) is 18.0 Å². The van der Waals surface area contributed by atoms with Crippen LogP contribution < -0.4 is 0 Å². The van der Waals surface area contributed by atoms with Gasteiger partial charge in [0.05, 0.1) is 12.6 Å². The molecule has 0 unspecified atom stereocenters. The lowest BCUT2D eigenvalue weighted by Crippen LogP contribution is -2.43. The Morgan fingerprint density at radius 1 is 1.07 bits per heavy atom. The number of aliphatic imine (C=N–C) groups is 1. The van der Waals surface area contributed by atoms with Gasteiger partial charge in [0.2, 0.25) is 0 Å². The maximum Gasteiger partial charge on any atom is 0.288 e. The van der Waals surface area contributed by atoms with E-state index >= 15 is 0 Å². The molecule has 0 N–H and O–H groups in total. The van der Waals surface area contributed by atoms with Crippen LogP contribution in [0.4, 0.5) is 4.39 Å². The van der Waals surface area contributed by atoms with Gasteiger partial charge in [-0.3, -0.25) is 0 Å². The standard InChI is InChI=1S/C24H28FN3O/c1-27-13-4-6-19(16-27)22-15-26-24(29-22)28-14-12-17-5-2-3-7-21(17)23(28)18-8-10-20(25)11-9-18/h2-3,5,7-11,19,22-23H,4,6,12-16H2,1H3/t19-,22-,23+/m1/s1. The van der Waals surface area contributed by atoms with Crippen LogP contribution in [0.25, 0.3) is 0 Å². The van der Waals surface area contributed by atoms with Gasteiger partial charge in [-0.2, -0.15) is 0 Å². The molecule has 0 saturated carbocycles. The van der Waals surface area contributed by atoms with Crippen LogP contribution >= 0.6 is 0 Å². The Bertz CT molecular complexity index is 897. The molecule has 0 radical (unpaired) electrons. The zero-order valence-electron chi connectivity index (χ0n) is 16.9. The molecule has 3 heterocycles. The summed E-state index contributed by atoms with van der Waals surface area (Å²) >= 11 is 0. The van der Waals surface area contributed by atoms with Crippen LogP contribution in [0.15, 0.2) is 53.5 Å². The minimum atomic E-state index is -0.208. The third-order valence-electron chi connectivity index (χ3n) is 6.56. The Morgan fingerprint density at radius 2 is 1.90 bits per heavy atom. The molecule has 1 fully saturated rings. The fraction of sp³-hybridized carbons (Fsp3) is 0.458. The number of halogens is 1. The van der Waals surface area contributed by atoms with E-state index in [1.807, 2.05) is 12.1 Å². The lowest BCUT2D eigenvalue weighted by Gasteiger charge is -2.39. The predicted octanol–water partition coefficient (Wildman–Crippen LogP) is 3.87. The van der Waals surface area contributed by atoms with E-state index in [9.17, 15) is 4.39 Å².